The number of halogens is 2. The van der Waals surface area contributed by atoms with Gasteiger partial charge in [0.2, 0.25) is 11.8 Å². The Morgan fingerprint density at radius 1 is 1.00 bits per heavy atom. The van der Waals surface area contributed by atoms with E-state index in [0.717, 1.165) is 5.56 Å². The van der Waals surface area contributed by atoms with Crippen molar-refractivity contribution in [3.63, 3.8) is 0 Å². The van der Waals surface area contributed by atoms with Crippen molar-refractivity contribution in [1.82, 2.24) is 10.2 Å². The summed E-state index contributed by atoms with van der Waals surface area (Å²) in [6.45, 7) is 0.387. The van der Waals surface area contributed by atoms with Gasteiger partial charge in [0.1, 0.15) is 5.75 Å². The van der Waals surface area contributed by atoms with Gasteiger partial charge in [-0.3, -0.25) is 0 Å². The largest absolute Gasteiger partial charge is 0.491 e. The summed E-state index contributed by atoms with van der Waals surface area (Å²) in [6.07, 6.45) is 0.499. The number of benzene rings is 2. The zero-order valence-electron chi connectivity index (χ0n) is 11.5. The van der Waals surface area contributed by atoms with E-state index in [0.29, 0.717) is 40.6 Å². The van der Waals surface area contributed by atoms with Gasteiger partial charge >= 0.3 is 0 Å². The minimum absolute atomic E-state index is 0.387. The van der Waals surface area contributed by atoms with Crippen molar-refractivity contribution in [2.45, 2.75) is 6.42 Å². The van der Waals surface area contributed by atoms with Crippen LogP contribution in [0, 0.1) is 0 Å². The lowest BCUT2D eigenvalue weighted by Crippen LogP contribution is -2.02. The Hall–Kier alpha value is -2.04. The Bertz CT molecular complexity index is 760. The second kappa shape index (κ2) is 6.81. The molecule has 6 heteroatoms. The fourth-order valence-corrected chi connectivity index (χ4v) is 2.36. The maximum absolute atomic E-state index is 6.03. The summed E-state index contributed by atoms with van der Waals surface area (Å²) in [4.78, 5) is 0. The predicted molar refractivity (Wildman–Crippen MR) is 85.4 cm³/mol. The molecule has 0 fully saturated rings. The molecule has 0 saturated heterocycles. The standard InChI is InChI=1S/C16H12Cl2N2O2/c17-12-6-7-14(13(18)10-12)21-9-8-15-19-20-16(22-15)11-4-2-1-3-5-11/h1-7,10H,8-9H2. The van der Waals surface area contributed by atoms with Crippen LogP contribution in [0.4, 0.5) is 0 Å². The highest BCUT2D eigenvalue weighted by atomic mass is 35.5. The van der Waals surface area contributed by atoms with Crippen LogP contribution in [0.2, 0.25) is 10.0 Å². The normalized spacial score (nSPS) is 10.6. The minimum atomic E-state index is 0.387. The molecule has 0 amide bonds. The van der Waals surface area contributed by atoms with Crippen LogP contribution in [0.1, 0.15) is 5.89 Å². The highest BCUT2D eigenvalue weighted by Gasteiger charge is 2.09. The van der Waals surface area contributed by atoms with Gasteiger partial charge < -0.3 is 9.15 Å². The average Bonchev–Trinajstić information content (AvgIpc) is 2.99. The second-order valence-electron chi connectivity index (χ2n) is 4.54. The molecule has 112 valence electrons. The van der Waals surface area contributed by atoms with Crippen LogP contribution < -0.4 is 4.74 Å². The molecule has 3 aromatic rings. The topological polar surface area (TPSA) is 48.2 Å². The van der Waals surface area contributed by atoms with Crippen LogP contribution in [0.15, 0.2) is 52.9 Å². The van der Waals surface area contributed by atoms with Crippen LogP contribution >= 0.6 is 23.2 Å². The summed E-state index contributed by atoms with van der Waals surface area (Å²) in [5.74, 6) is 1.60. The molecule has 0 aliphatic carbocycles. The number of hydrogen-bond acceptors (Lipinski definition) is 4. The minimum Gasteiger partial charge on any atom is -0.491 e. The molecule has 1 heterocycles. The summed E-state index contributed by atoms with van der Waals surface area (Å²) in [6, 6.07) is 14.7. The summed E-state index contributed by atoms with van der Waals surface area (Å²) >= 11 is 11.9. The van der Waals surface area contributed by atoms with Crippen molar-refractivity contribution >= 4 is 23.2 Å². The van der Waals surface area contributed by atoms with Crippen LogP contribution in [0.5, 0.6) is 5.75 Å². The lowest BCUT2D eigenvalue weighted by atomic mass is 10.2. The van der Waals surface area contributed by atoms with E-state index in [1.807, 2.05) is 30.3 Å². The lowest BCUT2D eigenvalue weighted by molar-refractivity contribution is 0.307. The molecule has 1 aromatic heterocycles. The van der Waals surface area contributed by atoms with Crippen LogP contribution in [0.25, 0.3) is 11.5 Å². The first-order valence-corrected chi connectivity index (χ1v) is 7.43. The molecule has 0 radical (unpaired) electrons. The fraction of sp³-hybridized carbons (Fsp3) is 0.125. The molecule has 0 atom stereocenters. The van der Waals surface area contributed by atoms with Crippen LogP contribution in [-0.4, -0.2) is 16.8 Å². The molecule has 2 aromatic carbocycles. The number of rotatable bonds is 5. The molecule has 0 aliphatic rings. The highest BCUT2D eigenvalue weighted by molar-refractivity contribution is 6.35. The molecule has 4 nitrogen and oxygen atoms in total. The zero-order chi connectivity index (χ0) is 15.4. The van der Waals surface area contributed by atoms with Gasteiger partial charge in [0, 0.05) is 10.6 Å². The average molecular weight is 335 g/mol. The number of nitrogens with zero attached hydrogens (tertiary/aromatic N) is 2. The van der Waals surface area contributed by atoms with Gasteiger partial charge in [-0.2, -0.15) is 0 Å². The highest BCUT2D eigenvalue weighted by Crippen LogP contribution is 2.27. The van der Waals surface area contributed by atoms with E-state index in [2.05, 4.69) is 10.2 Å². The van der Waals surface area contributed by atoms with Gasteiger partial charge in [-0.15, -0.1) is 10.2 Å². The third kappa shape index (κ3) is 3.59. The molecule has 0 spiro atoms. The Kier molecular flexibility index (Phi) is 4.61. The van der Waals surface area contributed by atoms with Gasteiger partial charge in [0.25, 0.3) is 0 Å². The Labute approximate surface area is 137 Å². The molecular weight excluding hydrogens is 323 g/mol. The first-order valence-electron chi connectivity index (χ1n) is 6.68. The molecule has 22 heavy (non-hydrogen) atoms. The first kappa shape index (κ1) is 14.9. The van der Waals surface area contributed by atoms with E-state index in [1.54, 1.807) is 18.2 Å². The third-order valence-electron chi connectivity index (χ3n) is 2.96. The fourth-order valence-electron chi connectivity index (χ4n) is 1.89. The van der Waals surface area contributed by atoms with Gasteiger partial charge in [0.05, 0.1) is 18.1 Å². The van der Waals surface area contributed by atoms with Crippen molar-refractivity contribution in [2.75, 3.05) is 6.61 Å². The SMILES string of the molecule is Clc1ccc(OCCc2nnc(-c3ccccc3)o2)c(Cl)c1. The van der Waals surface area contributed by atoms with Gasteiger partial charge in [-0.05, 0) is 30.3 Å². The first-order chi connectivity index (χ1) is 10.7. The van der Waals surface area contributed by atoms with E-state index >= 15 is 0 Å². The van der Waals surface area contributed by atoms with E-state index in [4.69, 9.17) is 32.4 Å². The van der Waals surface area contributed by atoms with Gasteiger partial charge in [-0.25, -0.2) is 0 Å². The smallest absolute Gasteiger partial charge is 0.247 e. The van der Waals surface area contributed by atoms with Gasteiger partial charge in [-0.1, -0.05) is 41.4 Å². The van der Waals surface area contributed by atoms with Crippen LogP contribution in [0.3, 0.4) is 0 Å². The molecule has 0 N–H and O–H groups in total. The quantitative estimate of drug-likeness (QED) is 0.680. The van der Waals surface area contributed by atoms with Crippen molar-refractivity contribution < 1.29 is 9.15 Å². The van der Waals surface area contributed by atoms with Crippen molar-refractivity contribution in [1.29, 1.82) is 0 Å². The maximum atomic E-state index is 6.03. The molecule has 0 saturated carbocycles. The van der Waals surface area contributed by atoms with Crippen molar-refractivity contribution in [3.8, 4) is 17.2 Å². The summed E-state index contributed by atoms with van der Waals surface area (Å²) < 4.78 is 11.2. The summed E-state index contributed by atoms with van der Waals surface area (Å²) in [7, 11) is 0. The molecule has 3 rings (SSSR count). The van der Waals surface area contributed by atoms with E-state index in [1.165, 1.54) is 0 Å². The predicted octanol–water partition coefficient (Wildman–Crippen LogP) is 4.66. The number of ether oxygens (including phenoxy) is 1. The monoisotopic (exact) mass is 334 g/mol. The number of aromatic nitrogens is 2. The summed E-state index contributed by atoms with van der Waals surface area (Å²) in [5.41, 5.74) is 0.892. The zero-order valence-corrected chi connectivity index (χ0v) is 13.0. The summed E-state index contributed by atoms with van der Waals surface area (Å²) in [5, 5.41) is 9.08. The Morgan fingerprint density at radius 2 is 1.82 bits per heavy atom. The third-order valence-corrected chi connectivity index (χ3v) is 3.49. The van der Waals surface area contributed by atoms with E-state index in [-0.39, 0.29) is 0 Å². The van der Waals surface area contributed by atoms with Crippen molar-refractivity contribution in [2.24, 2.45) is 0 Å². The van der Waals surface area contributed by atoms with Crippen LogP contribution in [-0.2, 0) is 6.42 Å². The van der Waals surface area contributed by atoms with Crippen molar-refractivity contribution in [3.05, 3.63) is 64.5 Å². The molecular formula is C16H12Cl2N2O2. The Balaban J connectivity index is 1.59. The van der Waals surface area contributed by atoms with Gasteiger partial charge in [0.15, 0.2) is 0 Å². The molecule has 0 aliphatic heterocycles. The lowest BCUT2D eigenvalue weighted by Gasteiger charge is -2.06. The Morgan fingerprint density at radius 3 is 2.59 bits per heavy atom. The second-order valence-corrected chi connectivity index (χ2v) is 5.38. The molecule has 0 bridgehead atoms. The maximum Gasteiger partial charge on any atom is 0.247 e. The van der Waals surface area contributed by atoms with E-state index in [9.17, 15) is 0 Å². The van der Waals surface area contributed by atoms with E-state index < -0.39 is 0 Å². The molecule has 0 unspecified atom stereocenters. The number of hydrogen-bond donors (Lipinski definition) is 0.